The summed E-state index contributed by atoms with van der Waals surface area (Å²) in [4.78, 5) is 25.1. The largest absolute Gasteiger partial charge is 0.462 e. The van der Waals surface area contributed by atoms with Crippen LogP contribution in [0.1, 0.15) is 119 Å². The SMILES string of the molecule is C[C@H](CCC[C@@H](C)C1=CC[C@H]2[C@@H]3CC[C@H]4C[C@H](OC(=O)c5ccccc5)CC[C@]4(C)[C@H]3CC[C@]12C)COC(=O)c1ccccc1. The molecular weight excluding hydrogens is 556 g/mol. The van der Waals surface area contributed by atoms with E-state index >= 15 is 0 Å². The molecule has 4 aliphatic rings. The number of hydrogen-bond donors (Lipinski definition) is 0. The van der Waals surface area contributed by atoms with Gasteiger partial charge in [0.2, 0.25) is 0 Å². The van der Waals surface area contributed by atoms with Crippen molar-refractivity contribution in [3.63, 3.8) is 0 Å². The molecule has 0 saturated heterocycles. The second-order valence-corrected chi connectivity index (χ2v) is 15.6. The zero-order valence-electron chi connectivity index (χ0n) is 28.0. The quantitative estimate of drug-likeness (QED) is 0.198. The summed E-state index contributed by atoms with van der Waals surface area (Å²) in [5.74, 6) is 3.64. The molecule has 4 nitrogen and oxygen atoms in total. The fourth-order valence-electron chi connectivity index (χ4n) is 10.4. The maximum absolute atomic E-state index is 12.8. The van der Waals surface area contributed by atoms with Gasteiger partial charge in [-0.3, -0.25) is 0 Å². The zero-order valence-corrected chi connectivity index (χ0v) is 28.0. The van der Waals surface area contributed by atoms with Gasteiger partial charge in [0, 0.05) is 0 Å². The molecule has 6 rings (SSSR count). The van der Waals surface area contributed by atoms with Gasteiger partial charge in [-0.25, -0.2) is 9.59 Å². The molecule has 2 aromatic rings. The normalized spacial score (nSPS) is 33.5. The Balaban J connectivity index is 0.992. The molecule has 3 saturated carbocycles. The predicted molar refractivity (Wildman–Crippen MR) is 180 cm³/mol. The molecule has 0 N–H and O–H groups in total. The minimum atomic E-state index is -0.219. The van der Waals surface area contributed by atoms with Gasteiger partial charge in [0.1, 0.15) is 6.10 Å². The Hall–Kier alpha value is -2.88. The van der Waals surface area contributed by atoms with Gasteiger partial charge in [-0.05, 0) is 135 Å². The molecular formula is C41H54O4. The third-order valence-corrected chi connectivity index (χ3v) is 12.9. The number of carbonyl (C=O) groups excluding carboxylic acids is 2. The molecule has 4 aliphatic carbocycles. The number of carbonyl (C=O) groups is 2. The number of benzene rings is 2. The van der Waals surface area contributed by atoms with Crippen LogP contribution in [0.2, 0.25) is 0 Å². The molecule has 3 fully saturated rings. The average Bonchev–Trinajstić information content (AvgIpc) is 3.42. The van der Waals surface area contributed by atoms with Gasteiger partial charge in [-0.15, -0.1) is 0 Å². The van der Waals surface area contributed by atoms with Gasteiger partial charge in [0.15, 0.2) is 0 Å². The maximum atomic E-state index is 12.8. The molecule has 45 heavy (non-hydrogen) atoms. The summed E-state index contributed by atoms with van der Waals surface area (Å²) in [6, 6.07) is 18.8. The molecule has 0 amide bonds. The molecule has 9 atom stereocenters. The third kappa shape index (κ3) is 6.54. The summed E-state index contributed by atoms with van der Waals surface area (Å²) in [6.07, 6.45) is 15.9. The molecule has 4 heteroatoms. The van der Waals surface area contributed by atoms with Crippen molar-refractivity contribution in [1.82, 2.24) is 0 Å². The lowest BCUT2D eigenvalue weighted by Crippen LogP contribution is -2.54. The van der Waals surface area contributed by atoms with Crippen molar-refractivity contribution in [3.8, 4) is 0 Å². The highest BCUT2D eigenvalue weighted by Crippen LogP contribution is 2.67. The monoisotopic (exact) mass is 610 g/mol. The fraction of sp³-hybridized carbons (Fsp3) is 0.610. The Kier molecular flexibility index (Phi) is 9.60. The van der Waals surface area contributed by atoms with Gasteiger partial charge in [-0.1, -0.05) is 82.2 Å². The molecule has 0 spiro atoms. The zero-order chi connectivity index (χ0) is 31.6. The summed E-state index contributed by atoms with van der Waals surface area (Å²) in [5.41, 5.74) is 3.73. The van der Waals surface area contributed by atoms with Crippen molar-refractivity contribution >= 4 is 11.9 Å². The highest BCUT2D eigenvalue weighted by molar-refractivity contribution is 5.89. The lowest BCUT2D eigenvalue weighted by molar-refractivity contribution is -0.120. The Bertz CT molecular complexity index is 1350. The van der Waals surface area contributed by atoms with E-state index in [2.05, 4.69) is 33.8 Å². The van der Waals surface area contributed by atoms with Crippen LogP contribution in [0.15, 0.2) is 72.3 Å². The van der Waals surface area contributed by atoms with Crippen LogP contribution >= 0.6 is 0 Å². The molecule has 0 heterocycles. The van der Waals surface area contributed by atoms with Crippen molar-refractivity contribution in [2.75, 3.05) is 6.61 Å². The topological polar surface area (TPSA) is 52.6 Å². The van der Waals surface area contributed by atoms with E-state index in [4.69, 9.17) is 9.47 Å². The third-order valence-electron chi connectivity index (χ3n) is 12.9. The Morgan fingerprint density at radius 1 is 0.822 bits per heavy atom. The van der Waals surface area contributed by atoms with Crippen LogP contribution in [0, 0.1) is 46.3 Å². The lowest BCUT2D eigenvalue weighted by atomic mass is 9.44. The highest BCUT2D eigenvalue weighted by atomic mass is 16.5. The van der Waals surface area contributed by atoms with Gasteiger partial charge < -0.3 is 9.47 Å². The molecule has 0 radical (unpaired) electrons. The smallest absolute Gasteiger partial charge is 0.338 e. The number of allylic oxidation sites excluding steroid dienone is 2. The second kappa shape index (κ2) is 13.5. The van der Waals surface area contributed by atoms with Gasteiger partial charge >= 0.3 is 11.9 Å². The van der Waals surface area contributed by atoms with Crippen LogP contribution in [0.4, 0.5) is 0 Å². The summed E-state index contributed by atoms with van der Waals surface area (Å²) < 4.78 is 11.7. The lowest BCUT2D eigenvalue weighted by Gasteiger charge is -2.61. The fourth-order valence-corrected chi connectivity index (χ4v) is 10.4. The van der Waals surface area contributed by atoms with Crippen LogP contribution in [0.25, 0.3) is 0 Å². The summed E-state index contributed by atoms with van der Waals surface area (Å²) in [7, 11) is 0. The van der Waals surface area contributed by atoms with Crippen LogP contribution in [-0.4, -0.2) is 24.6 Å². The molecule has 2 aromatic carbocycles. The van der Waals surface area contributed by atoms with Crippen LogP contribution < -0.4 is 0 Å². The van der Waals surface area contributed by atoms with Crippen molar-refractivity contribution in [2.24, 2.45) is 46.3 Å². The second-order valence-electron chi connectivity index (χ2n) is 15.6. The maximum Gasteiger partial charge on any atom is 0.338 e. The van der Waals surface area contributed by atoms with E-state index in [1.165, 1.54) is 51.4 Å². The standard InChI is InChI=1S/C41H54O4/c1-28(27-44-38(42)30-14-7-5-8-15-30)12-11-13-29(2)35-20-21-36-34-19-18-32-26-33(45-39(43)31-16-9-6-10-17-31)22-24-40(32,3)37(34)23-25-41(35,36)4/h5-10,14-17,20,28-29,32-34,36-37H,11-13,18-19,21-27H2,1-4H3/t28-,29-,32+,33-,34+,36+,37+,40+,41-/m1/s1. The van der Waals surface area contributed by atoms with Crippen LogP contribution in [0.5, 0.6) is 0 Å². The first kappa shape index (κ1) is 32.1. The van der Waals surface area contributed by atoms with Crippen LogP contribution in [-0.2, 0) is 9.47 Å². The molecule has 242 valence electrons. The molecule has 0 aromatic heterocycles. The van der Waals surface area contributed by atoms with E-state index in [9.17, 15) is 9.59 Å². The number of rotatable bonds is 10. The van der Waals surface area contributed by atoms with E-state index in [0.29, 0.717) is 46.3 Å². The van der Waals surface area contributed by atoms with Crippen molar-refractivity contribution in [2.45, 2.75) is 104 Å². The van der Waals surface area contributed by atoms with E-state index in [0.717, 1.165) is 37.0 Å². The Morgan fingerprint density at radius 3 is 2.22 bits per heavy atom. The van der Waals surface area contributed by atoms with Gasteiger partial charge in [0.25, 0.3) is 0 Å². The van der Waals surface area contributed by atoms with E-state index in [1.807, 2.05) is 60.7 Å². The molecule has 0 bridgehead atoms. The average molecular weight is 611 g/mol. The van der Waals surface area contributed by atoms with Gasteiger partial charge in [0.05, 0.1) is 17.7 Å². The van der Waals surface area contributed by atoms with Gasteiger partial charge in [-0.2, -0.15) is 0 Å². The van der Waals surface area contributed by atoms with Crippen LogP contribution in [0.3, 0.4) is 0 Å². The van der Waals surface area contributed by atoms with E-state index < -0.39 is 0 Å². The van der Waals surface area contributed by atoms with Crippen molar-refractivity contribution < 1.29 is 19.1 Å². The first-order valence-electron chi connectivity index (χ1n) is 17.9. The minimum absolute atomic E-state index is 0.0559. The Morgan fingerprint density at radius 2 is 1.51 bits per heavy atom. The number of ether oxygens (including phenoxy) is 2. The van der Waals surface area contributed by atoms with Crippen molar-refractivity contribution in [1.29, 1.82) is 0 Å². The number of fused-ring (bicyclic) bond motifs is 5. The first-order valence-corrected chi connectivity index (χ1v) is 17.9. The van der Waals surface area contributed by atoms with Crippen molar-refractivity contribution in [3.05, 3.63) is 83.4 Å². The minimum Gasteiger partial charge on any atom is -0.462 e. The summed E-state index contributed by atoms with van der Waals surface area (Å²) in [6.45, 7) is 10.3. The Labute approximate surface area is 271 Å². The number of hydrogen-bond acceptors (Lipinski definition) is 4. The van der Waals surface area contributed by atoms with E-state index in [-0.39, 0.29) is 18.0 Å². The predicted octanol–water partition coefficient (Wildman–Crippen LogP) is 10.1. The summed E-state index contributed by atoms with van der Waals surface area (Å²) >= 11 is 0. The first-order chi connectivity index (χ1) is 21.7. The molecule has 0 unspecified atom stereocenters. The number of esters is 2. The molecule has 0 aliphatic heterocycles. The van der Waals surface area contributed by atoms with E-state index in [1.54, 1.807) is 5.57 Å². The summed E-state index contributed by atoms with van der Waals surface area (Å²) in [5, 5.41) is 0. The highest BCUT2D eigenvalue weighted by Gasteiger charge is 2.59.